The summed E-state index contributed by atoms with van der Waals surface area (Å²) in [7, 11) is 1.69. The number of ether oxygens (including phenoxy) is 2. The Morgan fingerprint density at radius 3 is 2.37 bits per heavy atom. The quantitative estimate of drug-likeness (QED) is 0.549. The third-order valence-electron chi connectivity index (χ3n) is 3.05. The molecule has 0 aromatic heterocycles. The van der Waals surface area contributed by atoms with Gasteiger partial charge in [0.2, 0.25) is 0 Å². The molecular weight excluding hydrogens is 240 g/mol. The summed E-state index contributed by atoms with van der Waals surface area (Å²) in [5, 5.41) is 0. The first-order valence-corrected chi connectivity index (χ1v) is 6.78. The van der Waals surface area contributed by atoms with Gasteiger partial charge in [-0.1, -0.05) is 12.1 Å². The van der Waals surface area contributed by atoms with Crippen molar-refractivity contribution < 1.29 is 9.47 Å². The van der Waals surface area contributed by atoms with Gasteiger partial charge >= 0.3 is 0 Å². The van der Waals surface area contributed by atoms with Crippen LogP contribution in [-0.2, 0) is 16.0 Å². The first kappa shape index (κ1) is 16.0. The smallest absolute Gasteiger partial charge is 0.0700 e. The molecule has 19 heavy (non-hydrogen) atoms. The molecule has 0 aliphatic rings. The van der Waals surface area contributed by atoms with E-state index in [-0.39, 0.29) is 0 Å². The van der Waals surface area contributed by atoms with Gasteiger partial charge in [-0.25, -0.2) is 0 Å². The summed E-state index contributed by atoms with van der Waals surface area (Å²) in [5.41, 5.74) is 7.78. The van der Waals surface area contributed by atoms with Crippen molar-refractivity contribution >= 4 is 5.69 Å². The maximum absolute atomic E-state index is 5.70. The lowest BCUT2D eigenvalue weighted by molar-refractivity contribution is 0.0506. The van der Waals surface area contributed by atoms with E-state index < -0.39 is 0 Å². The normalized spacial score (nSPS) is 11.4. The number of benzene rings is 1. The number of hydrogen-bond acceptors (Lipinski definition) is 4. The Labute approximate surface area is 116 Å². The zero-order chi connectivity index (χ0) is 14.1. The molecule has 2 N–H and O–H groups in total. The zero-order valence-electron chi connectivity index (χ0n) is 12.3. The molecule has 0 bridgehead atoms. The lowest BCUT2D eigenvalue weighted by Crippen LogP contribution is -2.33. The van der Waals surface area contributed by atoms with Gasteiger partial charge in [0.05, 0.1) is 19.8 Å². The second-order valence-electron chi connectivity index (χ2n) is 4.91. The summed E-state index contributed by atoms with van der Waals surface area (Å²) < 4.78 is 10.5. The van der Waals surface area contributed by atoms with Gasteiger partial charge in [-0.3, -0.25) is 4.90 Å². The average molecular weight is 266 g/mol. The molecule has 0 unspecified atom stereocenters. The van der Waals surface area contributed by atoms with Crippen LogP contribution in [0.5, 0.6) is 0 Å². The Morgan fingerprint density at radius 1 is 1.11 bits per heavy atom. The van der Waals surface area contributed by atoms with Gasteiger partial charge in [0.25, 0.3) is 0 Å². The molecule has 1 rings (SSSR count). The van der Waals surface area contributed by atoms with Crippen molar-refractivity contribution in [3.63, 3.8) is 0 Å². The SMILES string of the molecule is COCCOCCN(Cc1ccc(N)cc1)C(C)C. The van der Waals surface area contributed by atoms with Crippen molar-refractivity contribution in [1.29, 1.82) is 0 Å². The number of anilines is 1. The van der Waals surface area contributed by atoms with E-state index >= 15 is 0 Å². The van der Waals surface area contributed by atoms with Crippen LogP contribution in [0.25, 0.3) is 0 Å². The molecule has 0 saturated heterocycles. The topological polar surface area (TPSA) is 47.7 Å². The lowest BCUT2D eigenvalue weighted by Gasteiger charge is -2.26. The highest BCUT2D eigenvalue weighted by atomic mass is 16.5. The summed E-state index contributed by atoms with van der Waals surface area (Å²) in [6, 6.07) is 8.54. The number of nitrogens with zero attached hydrogens (tertiary/aromatic N) is 1. The lowest BCUT2D eigenvalue weighted by atomic mass is 10.1. The molecule has 0 aliphatic heterocycles. The molecule has 0 aliphatic carbocycles. The van der Waals surface area contributed by atoms with Crippen LogP contribution < -0.4 is 5.73 Å². The third kappa shape index (κ3) is 6.57. The van der Waals surface area contributed by atoms with Crippen LogP contribution in [0.2, 0.25) is 0 Å². The summed E-state index contributed by atoms with van der Waals surface area (Å²) in [4.78, 5) is 2.39. The van der Waals surface area contributed by atoms with Gasteiger partial charge in [-0.05, 0) is 31.5 Å². The van der Waals surface area contributed by atoms with E-state index in [2.05, 4.69) is 30.9 Å². The molecule has 4 heteroatoms. The van der Waals surface area contributed by atoms with Crippen LogP contribution >= 0.6 is 0 Å². The van der Waals surface area contributed by atoms with Gasteiger partial charge in [0.1, 0.15) is 0 Å². The number of nitrogens with two attached hydrogens (primary N) is 1. The van der Waals surface area contributed by atoms with E-state index in [9.17, 15) is 0 Å². The van der Waals surface area contributed by atoms with Crippen LogP contribution in [0.1, 0.15) is 19.4 Å². The molecule has 0 saturated carbocycles. The predicted molar refractivity (Wildman–Crippen MR) is 79.1 cm³/mol. The highest BCUT2D eigenvalue weighted by molar-refractivity contribution is 5.39. The molecule has 1 aromatic rings. The van der Waals surface area contributed by atoms with Gasteiger partial charge in [0.15, 0.2) is 0 Å². The summed E-state index contributed by atoms with van der Waals surface area (Å²) in [5.74, 6) is 0. The van der Waals surface area contributed by atoms with Crippen LogP contribution in [-0.4, -0.2) is 44.4 Å². The Morgan fingerprint density at radius 2 is 1.79 bits per heavy atom. The number of nitrogen functional groups attached to an aromatic ring is 1. The molecule has 0 fully saturated rings. The standard InChI is InChI=1S/C15H26N2O2/c1-13(2)17(8-9-19-11-10-18-3)12-14-4-6-15(16)7-5-14/h4-7,13H,8-12,16H2,1-3H3. The van der Waals surface area contributed by atoms with Crippen molar-refractivity contribution in [2.24, 2.45) is 0 Å². The Balaban J connectivity index is 2.38. The molecule has 0 atom stereocenters. The molecule has 0 spiro atoms. The molecular formula is C15H26N2O2. The van der Waals surface area contributed by atoms with Crippen molar-refractivity contribution in [3.05, 3.63) is 29.8 Å². The molecule has 4 nitrogen and oxygen atoms in total. The Bertz CT molecular complexity index is 339. The van der Waals surface area contributed by atoms with Crippen molar-refractivity contribution in [2.45, 2.75) is 26.4 Å². The van der Waals surface area contributed by atoms with E-state index in [0.29, 0.717) is 19.3 Å². The first-order valence-electron chi connectivity index (χ1n) is 6.78. The van der Waals surface area contributed by atoms with Crippen LogP contribution in [0, 0.1) is 0 Å². The highest BCUT2D eigenvalue weighted by Crippen LogP contribution is 2.10. The second kappa shape index (κ2) is 8.91. The summed E-state index contributed by atoms with van der Waals surface area (Å²) in [6.45, 7) is 8.29. The van der Waals surface area contributed by atoms with Gasteiger partial charge < -0.3 is 15.2 Å². The fourth-order valence-electron chi connectivity index (χ4n) is 1.80. The maximum Gasteiger partial charge on any atom is 0.0700 e. The molecule has 0 radical (unpaired) electrons. The Kier molecular flexibility index (Phi) is 7.48. The van der Waals surface area contributed by atoms with Gasteiger partial charge in [-0.2, -0.15) is 0 Å². The van der Waals surface area contributed by atoms with Gasteiger partial charge in [0, 0.05) is 31.9 Å². The minimum atomic E-state index is 0.489. The average Bonchev–Trinajstić information content (AvgIpc) is 2.39. The van der Waals surface area contributed by atoms with Crippen LogP contribution in [0.3, 0.4) is 0 Å². The third-order valence-corrected chi connectivity index (χ3v) is 3.05. The predicted octanol–water partition coefficient (Wildman–Crippen LogP) is 2.14. The number of hydrogen-bond donors (Lipinski definition) is 1. The molecule has 1 aromatic carbocycles. The number of methoxy groups -OCH3 is 1. The largest absolute Gasteiger partial charge is 0.399 e. The monoisotopic (exact) mass is 266 g/mol. The van der Waals surface area contributed by atoms with E-state index in [1.54, 1.807) is 7.11 Å². The van der Waals surface area contributed by atoms with Crippen molar-refractivity contribution in [1.82, 2.24) is 4.90 Å². The number of rotatable bonds is 9. The highest BCUT2D eigenvalue weighted by Gasteiger charge is 2.09. The zero-order valence-corrected chi connectivity index (χ0v) is 12.3. The van der Waals surface area contributed by atoms with E-state index in [1.165, 1.54) is 5.56 Å². The Hall–Kier alpha value is -1.10. The van der Waals surface area contributed by atoms with Crippen LogP contribution in [0.4, 0.5) is 5.69 Å². The van der Waals surface area contributed by atoms with E-state index in [0.717, 1.165) is 25.4 Å². The minimum Gasteiger partial charge on any atom is -0.399 e. The molecule has 0 heterocycles. The minimum absolute atomic E-state index is 0.489. The van der Waals surface area contributed by atoms with Crippen LogP contribution in [0.15, 0.2) is 24.3 Å². The summed E-state index contributed by atoms with van der Waals surface area (Å²) >= 11 is 0. The van der Waals surface area contributed by atoms with E-state index in [1.807, 2.05) is 12.1 Å². The maximum atomic E-state index is 5.70. The van der Waals surface area contributed by atoms with E-state index in [4.69, 9.17) is 15.2 Å². The fraction of sp³-hybridized carbons (Fsp3) is 0.600. The van der Waals surface area contributed by atoms with Crippen molar-refractivity contribution in [3.8, 4) is 0 Å². The summed E-state index contributed by atoms with van der Waals surface area (Å²) in [6.07, 6.45) is 0. The first-order chi connectivity index (χ1) is 9.13. The fourth-order valence-corrected chi connectivity index (χ4v) is 1.80. The molecule has 108 valence electrons. The molecule has 0 amide bonds. The van der Waals surface area contributed by atoms with Gasteiger partial charge in [-0.15, -0.1) is 0 Å². The second-order valence-corrected chi connectivity index (χ2v) is 4.91. The van der Waals surface area contributed by atoms with Crippen molar-refractivity contribution in [2.75, 3.05) is 39.2 Å².